The van der Waals surface area contributed by atoms with Crippen molar-refractivity contribution in [1.82, 2.24) is 20.2 Å². The minimum atomic E-state index is 0.171. The Kier molecular flexibility index (Phi) is 1.77. The molecule has 3 aliphatic rings. The maximum atomic E-state index is 4.61. The van der Waals surface area contributed by atoms with Crippen LogP contribution < -0.4 is 5.32 Å². The molecule has 2 fully saturated rings. The topological polar surface area (TPSA) is 44.0 Å². The normalized spacial score (nSPS) is 37.9. The van der Waals surface area contributed by atoms with Crippen LogP contribution in [-0.2, 0) is 12.0 Å². The molecule has 86 valence electrons. The molecule has 4 rings (SSSR count). The number of nitrogens with zero attached hydrogens (tertiary/aromatic N) is 2. The number of fused-ring (bicyclic) bond motifs is 4. The van der Waals surface area contributed by atoms with E-state index in [0.29, 0.717) is 6.04 Å². The molecule has 0 radical (unpaired) electrons. The molecule has 0 aromatic carbocycles. The Balaban J connectivity index is 1.83. The molecule has 2 saturated heterocycles. The van der Waals surface area contributed by atoms with Gasteiger partial charge in [0.1, 0.15) is 0 Å². The van der Waals surface area contributed by atoms with E-state index in [-0.39, 0.29) is 5.54 Å². The number of aromatic nitrogens is 2. The minimum absolute atomic E-state index is 0.171. The van der Waals surface area contributed by atoms with Crippen LogP contribution >= 0.6 is 0 Å². The molecule has 1 spiro atoms. The first kappa shape index (κ1) is 9.19. The van der Waals surface area contributed by atoms with Crippen molar-refractivity contribution in [2.24, 2.45) is 0 Å². The molecule has 4 heteroatoms. The molecule has 0 bridgehead atoms. The van der Waals surface area contributed by atoms with Crippen molar-refractivity contribution in [3.8, 4) is 0 Å². The Labute approximate surface area is 95.4 Å². The summed E-state index contributed by atoms with van der Waals surface area (Å²) in [5.74, 6) is 0. The number of nitrogens with one attached hydrogen (secondary N) is 2. The van der Waals surface area contributed by atoms with Gasteiger partial charge in [0.25, 0.3) is 0 Å². The van der Waals surface area contributed by atoms with E-state index >= 15 is 0 Å². The molecule has 0 amide bonds. The van der Waals surface area contributed by atoms with E-state index in [1.807, 2.05) is 6.33 Å². The summed E-state index contributed by atoms with van der Waals surface area (Å²) in [5, 5.41) is 3.78. The third kappa shape index (κ3) is 0.992. The zero-order chi connectivity index (χ0) is 10.6. The number of hydrogen-bond donors (Lipinski definition) is 2. The highest BCUT2D eigenvalue weighted by Gasteiger charge is 2.52. The zero-order valence-electron chi connectivity index (χ0n) is 9.50. The Morgan fingerprint density at radius 2 is 2.44 bits per heavy atom. The lowest BCUT2D eigenvalue weighted by Crippen LogP contribution is -2.54. The Morgan fingerprint density at radius 1 is 1.44 bits per heavy atom. The van der Waals surface area contributed by atoms with Gasteiger partial charge >= 0.3 is 0 Å². The lowest BCUT2D eigenvalue weighted by atomic mass is 9.81. The second-order valence-corrected chi connectivity index (χ2v) is 5.32. The molecule has 0 aliphatic carbocycles. The quantitative estimate of drug-likeness (QED) is 0.671. The van der Waals surface area contributed by atoms with E-state index in [1.54, 1.807) is 0 Å². The largest absolute Gasteiger partial charge is 0.348 e. The van der Waals surface area contributed by atoms with Gasteiger partial charge in [-0.15, -0.1) is 0 Å². The van der Waals surface area contributed by atoms with Gasteiger partial charge in [0.05, 0.1) is 17.6 Å². The minimum Gasteiger partial charge on any atom is -0.348 e. The van der Waals surface area contributed by atoms with E-state index in [4.69, 9.17) is 0 Å². The van der Waals surface area contributed by atoms with E-state index < -0.39 is 0 Å². The van der Waals surface area contributed by atoms with E-state index in [1.165, 1.54) is 43.7 Å². The van der Waals surface area contributed by atoms with Gasteiger partial charge in [0.15, 0.2) is 0 Å². The van der Waals surface area contributed by atoms with Crippen LogP contribution in [0.5, 0.6) is 0 Å². The van der Waals surface area contributed by atoms with Crippen LogP contribution in [-0.4, -0.2) is 40.5 Å². The number of rotatable bonds is 0. The van der Waals surface area contributed by atoms with Crippen LogP contribution in [0.3, 0.4) is 0 Å². The Bertz CT molecular complexity index is 413. The van der Waals surface area contributed by atoms with Gasteiger partial charge in [0, 0.05) is 31.2 Å². The highest BCUT2D eigenvalue weighted by atomic mass is 15.3. The molecular formula is C12H18N4. The van der Waals surface area contributed by atoms with Crippen LogP contribution in [0.2, 0.25) is 0 Å². The van der Waals surface area contributed by atoms with Crippen molar-refractivity contribution in [2.75, 3.05) is 19.6 Å². The van der Waals surface area contributed by atoms with Crippen molar-refractivity contribution in [2.45, 2.75) is 37.3 Å². The number of aromatic amines is 1. The third-order valence-electron chi connectivity index (χ3n) is 4.68. The third-order valence-corrected chi connectivity index (χ3v) is 4.68. The SMILES string of the molecule is c1nc2c([nH]1)CCNC21CCN2CCCC21. The second kappa shape index (κ2) is 3.08. The van der Waals surface area contributed by atoms with Gasteiger partial charge in [-0.2, -0.15) is 0 Å². The van der Waals surface area contributed by atoms with E-state index in [0.717, 1.165) is 13.0 Å². The maximum Gasteiger partial charge on any atom is 0.0926 e. The smallest absolute Gasteiger partial charge is 0.0926 e. The van der Waals surface area contributed by atoms with Crippen LogP contribution in [0.15, 0.2) is 6.33 Å². The van der Waals surface area contributed by atoms with Gasteiger partial charge in [-0.05, 0) is 25.8 Å². The first-order valence-electron chi connectivity index (χ1n) is 6.42. The lowest BCUT2D eigenvalue weighted by molar-refractivity contribution is 0.212. The van der Waals surface area contributed by atoms with Gasteiger partial charge in [0.2, 0.25) is 0 Å². The summed E-state index contributed by atoms with van der Waals surface area (Å²) in [6.07, 6.45) is 6.89. The van der Waals surface area contributed by atoms with Crippen molar-refractivity contribution in [3.05, 3.63) is 17.7 Å². The zero-order valence-corrected chi connectivity index (χ0v) is 9.50. The molecule has 2 unspecified atom stereocenters. The van der Waals surface area contributed by atoms with Crippen LogP contribution in [0.25, 0.3) is 0 Å². The van der Waals surface area contributed by atoms with Crippen LogP contribution in [0.4, 0.5) is 0 Å². The second-order valence-electron chi connectivity index (χ2n) is 5.32. The molecule has 16 heavy (non-hydrogen) atoms. The summed E-state index contributed by atoms with van der Waals surface area (Å²) in [7, 11) is 0. The van der Waals surface area contributed by atoms with Gasteiger partial charge in [-0.3, -0.25) is 4.90 Å². The highest BCUT2D eigenvalue weighted by Crippen LogP contribution is 2.44. The predicted octanol–water partition coefficient (Wildman–Crippen LogP) is 0.619. The van der Waals surface area contributed by atoms with E-state index in [2.05, 4.69) is 20.2 Å². The van der Waals surface area contributed by atoms with E-state index in [9.17, 15) is 0 Å². The van der Waals surface area contributed by atoms with Crippen LogP contribution in [0, 0.1) is 0 Å². The lowest BCUT2D eigenvalue weighted by Gasteiger charge is -2.38. The molecule has 2 N–H and O–H groups in total. The Morgan fingerprint density at radius 3 is 3.44 bits per heavy atom. The standard InChI is InChI=1S/C12H18N4/c1-2-10-12(4-7-16(10)6-1)11-9(3-5-15-12)13-8-14-11/h8,10,15H,1-7H2,(H,13,14). The van der Waals surface area contributed by atoms with Crippen LogP contribution in [0.1, 0.15) is 30.7 Å². The first-order chi connectivity index (χ1) is 7.90. The van der Waals surface area contributed by atoms with Gasteiger partial charge in [-0.25, -0.2) is 4.98 Å². The molecule has 1 aromatic heterocycles. The molecule has 3 aliphatic heterocycles. The first-order valence-corrected chi connectivity index (χ1v) is 6.42. The van der Waals surface area contributed by atoms with Gasteiger partial charge in [-0.1, -0.05) is 0 Å². The summed E-state index contributed by atoms with van der Waals surface area (Å²) in [4.78, 5) is 10.6. The van der Waals surface area contributed by atoms with Crippen molar-refractivity contribution in [1.29, 1.82) is 0 Å². The molecule has 1 aromatic rings. The Hall–Kier alpha value is -0.870. The summed E-state index contributed by atoms with van der Waals surface area (Å²) < 4.78 is 0. The summed E-state index contributed by atoms with van der Waals surface area (Å²) in [6, 6.07) is 0.690. The molecule has 2 atom stereocenters. The van der Waals surface area contributed by atoms with Crippen molar-refractivity contribution in [3.63, 3.8) is 0 Å². The fraction of sp³-hybridized carbons (Fsp3) is 0.750. The fourth-order valence-electron chi connectivity index (χ4n) is 4.01. The summed E-state index contributed by atoms with van der Waals surface area (Å²) in [6.45, 7) is 3.62. The molecule has 0 saturated carbocycles. The average Bonchev–Trinajstić information content (AvgIpc) is 2.97. The molecular weight excluding hydrogens is 200 g/mol. The molecule has 4 heterocycles. The fourth-order valence-corrected chi connectivity index (χ4v) is 4.01. The van der Waals surface area contributed by atoms with Crippen molar-refractivity contribution < 1.29 is 0 Å². The predicted molar refractivity (Wildman–Crippen MR) is 61.2 cm³/mol. The maximum absolute atomic E-state index is 4.61. The van der Waals surface area contributed by atoms with Gasteiger partial charge < -0.3 is 10.3 Å². The summed E-state index contributed by atoms with van der Waals surface area (Å²) >= 11 is 0. The number of H-pyrrole nitrogens is 1. The highest BCUT2D eigenvalue weighted by molar-refractivity contribution is 5.30. The van der Waals surface area contributed by atoms with Crippen molar-refractivity contribution >= 4 is 0 Å². The monoisotopic (exact) mass is 218 g/mol. The number of imidazole rings is 1. The molecule has 4 nitrogen and oxygen atoms in total. The average molecular weight is 218 g/mol. The summed E-state index contributed by atoms with van der Waals surface area (Å²) in [5.41, 5.74) is 2.85. The number of hydrogen-bond acceptors (Lipinski definition) is 3.